The predicted octanol–water partition coefficient (Wildman–Crippen LogP) is 3.62. The van der Waals surface area contributed by atoms with E-state index in [1.54, 1.807) is 17.5 Å². The van der Waals surface area contributed by atoms with Gasteiger partial charge in [0.05, 0.1) is 9.98 Å². The molecule has 1 aliphatic rings. The van der Waals surface area contributed by atoms with E-state index in [0.717, 1.165) is 8.98 Å². The molecule has 1 aliphatic carbocycles. The molecular formula is C9H12BrNOS. The van der Waals surface area contributed by atoms with Crippen LogP contribution in [0.25, 0.3) is 0 Å². The summed E-state index contributed by atoms with van der Waals surface area (Å²) in [4.78, 5) is 4.16. The Labute approximate surface area is 90.5 Å². The highest BCUT2D eigenvalue weighted by Gasteiger charge is 2.15. The van der Waals surface area contributed by atoms with E-state index in [2.05, 4.69) is 20.9 Å². The molecule has 0 saturated heterocycles. The Balaban J connectivity index is 1.89. The normalized spacial score (nSPS) is 18.8. The summed E-state index contributed by atoms with van der Waals surface area (Å²) in [6.07, 6.45) is 8.55. The summed E-state index contributed by atoms with van der Waals surface area (Å²) < 4.78 is 6.79. The molecule has 4 heteroatoms. The van der Waals surface area contributed by atoms with Gasteiger partial charge in [0.25, 0.3) is 5.19 Å². The monoisotopic (exact) mass is 261 g/mol. The second-order valence-corrected chi connectivity index (χ2v) is 5.68. The third kappa shape index (κ3) is 2.68. The zero-order chi connectivity index (χ0) is 9.10. The molecule has 2 nitrogen and oxygen atoms in total. The molecule has 1 saturated carbocycles. The molecule has 0 bridgehead atoms. The molecular weight excluding hydrogens is 250 g/mol. The van der Waals surface area contributed by atoms with E-state index in [1.165, 1.54) is 32.1 Å². The van der Waals surface area contributed by atoms with Gasteiger partial charge in [-0.05, 0) is 41.6 Å². The van der Waals surface area contributed by atoms with Crippen LogP contribution >= 0.6 is 27.3 Å². The largest absolute Gasteiger partial charge is 0.467 e. The first-order valence-corrected chi connectivity index (χ1v) is 6.23. The molecule has 1 heterocycles. The van der Waals surface area contributed by atoms with Crippen molar-refractivity contribution in [3.63, 3.8) is 0 Å². The Bertz CT molecular complexity index is 270. The molecule has 0 aliphatic heterocycles. The van der Waals surface area contributed by atoms with Crippen LogP contribution in [0.2, 0.25) is 0 Å². The summed E-state index contributed by atoms with van der Waals surface area (Å²) in [6.45, 7) is 0. The minimum atomic E-state index is 0.409. The van der Waals surface area contributed by atoms with E-state index in [4.69, 9.17) is 4.74 Å². The topological polar surface area (TPSA) is 22.1 Å². The van der Waals surface area contributed by atoms with Crippen molar-refractivity contribution in [1.82, 2.24) is 4.98 Å². The average molecular weight is 262 g/mol. The summed E-state index contributed by atoms with van der Waals surface area (Å²) in [5.41, 5.74) is 0. The number of nitrogens with zero attached hydrogens (tertiary/aromatic N) is 1. The van der Waals surface area contributed by atoms with Crippen LogP contribution in [0.15, 0.2) is 9.98 Å². The van der Waals surface area contributed by atoms with Crippen molar-refractivity contribution < 1.29 is 4.74 Å². The molecule has 1 aromatic heterocycles. The molecule has 0 N–H and O–H groups in total. The van der Waals surface area contributed by atoms with Crippen molar-refractivity contribution in [2.75, 3.05) is 0 Å². The van der Waals surface area contributed by atoms with Gasteiger partial charge in [-0.1, -0.05) is 17.8 Å². The standard InChI is InChI=1S/C9H12BrNOS/c10-8-6-11-9(13-8)12-7-4-2-1-3-5-7/h6-7H,1-5H2. The third-order valence-corrected chi connectivity index (χ3v) is 3.64. The summed E-state index contributed by atoms with van der Waals surface area (Å²) in [6, 6.07) is 0. The summed E-state index contributed by atoms with van der Waals surface area (Å²) >= 11 is 4.94. The third-order valence-electron chi connectivity index (χ3n) is 2.28. The molecule has 13 heavy (non-hydrogen) atoms. The second-order valence-electron chi connectivity index (χ2n) is 3.31. The molecule has 72 valence electrons. The number of aromatic nitrogens is 1. The van der Waals surface area contributed by atoms with Crippen molar-refractivity contribution in [2.45, 2.75) is 38.2 Å². The molecule has 0 spiro atoms. The quantitative estimate of drug-likeness (QED) is 0.812. The fourth-order valence-corrected chi connectivity index (χ4v) is 2.70. The SMILES string of the molecule is Brc1cnc(OC2CCCCC2)s1. The smallest absolute Gasteiger partial charge is 0.274 e. The fraction of sp³-hybridized carbons (Fsp3) is 0.667. The van der Waals surface area contributed by atoms with Gasteiger partial charge >= 0.3 is 0 Å². The molecule has 0 amide bonds. The van der Waals surface area contributed by atoms with Crippen LogP contribution in [0.5, 0.6) is 5.19 Å². The van der Waals surface area contributed by atoms with Gasteiger partial charge < -0.3 is 4.74 Å². The van der Waals surface area contributed by atoms with Crippen molar-refractivity contribution >= 4 is 27.3 Å². The molecule has 2 rings (SSSR count). The Kier molecular flexibility index (Phi) is 3.22. The lowest BCUT2D eigenvalue weighted by atomic mass is 9.98. The Morgan fingerprint density at radius 1 is 1.38 bits per heavy atom. The van der Waals surface area contributed by atoms with Gasteiger partial charge in [-0.25, -0.2) is 4.98 Å². The molecule has 1 aromatic rings. The maximum absolute atomic E-state index is 5.75. The number of thiazole rings is 1. The van der Waals surface area contributed by atoms with Crippen LogP contribution in [0, 0.1) is 0 Å². The van der Waals surface area contributed by atoms with Gasteiger partial charge in [0.15, 0.2) is 0 Å². The Morgan fingerprint density at radius 2 is 2.15 bits per heavy atom. The van der Waals surface area contributed by atoms with Crippen molar-refractivity contribution in [3.05, 3.63) is 9.98 Å². The van der Waals surface area contributed by atoms with E-state index in [1.807, 2.05) is 0 Å². The molecule has 0 aromatic carbocycles. The summed E-state index contributed by atoms with van der Waals surface area (Å²) in [5, 5.41) is 0.804. The zero-order valence-electron chi connectivity index (χ0n) is 7.33. The highest BCUT2D eigenvalue weighted by atomic mass is 79.9. The molecule has 0 unspecified atom stereocenters. The number of hydrogen-bond donors (Lipinski definition) is 0. The van der Waals surface area contributed by atoms with Crippen LogP contribution in [0.3, 0.4) is 0 Å². The van der Waals surface area contributed by atoms with Gasteiger partial charge in [0.2, 0.25) is 0 Å². The number of ether oxygens (including phenoxy) is 1. The first kappa shape index (κ1) is 9.46. The minimum Gasteiger partial charge on any atom is -0.467 e. The maximum Gasteiger partial charge on any atom is 0.274 e. The summed E-state index contributed by atoms with van der Waals surface area (Å²) in [5.74, 6) is 0. The first-order valence-electron chi connectivity index (χ1n) is 4.62. The number of hydrogen-bond acceptors (Lipinski definition) is 3. The Morgan fingerprint density at radius 3 is 2.77 bits per heavy atom. The Hall–Kier alpha value is -0.0900. The van der Waals surface area contributed by atoms with Crippen LogP contribution in [0.1, 0.15) is 32.1 Å². The van der Waals surface area contributed by atoms with E-state index in [9.17, 15) is 0 Å². The fourth-order valence-electron chi connectivity index (χ4n) is 1.62. The second kappa shape index (κ2) is 4.42. The lowest BCUT2D eigenvalue weighted by Crippen LogP contribution is -2.19. The van der Waals surface area contributed by atoms with Gasteiger partial charge in [0.1, 0.15) is 6.10 Å². The van der Waals surface area contributed by atoms with Crippen molar-refractivity contribution in [2.24, 2.45) is 0 Å². The van der Waals surface area contributed by atoms with Crippen molar-refractivity contribution in [3.8, 4) is 5.19 Å². The van der Waals surface area contributed by atoms with Gasteiger partial charge in [-0.2, -0.15) is 0 Å². The highest BCUT2D eigenvalue weighted by Crippen LogP contribution is 2.29. The highest BCUT2D eigenvalue weighted by molar-refractivity contribution is 9.11. The number of halogens is 1. The van der Waals surface area contributed by atoms with Crippen LogP contribution < -0.4 is 4.74 Å². The van der Waals surface area contributed by atoms with E-state index in [-0.39, 0.29) is 0 Å². The molecule has 0 radical (unpaired) electrons. The van der Waals surface area contributed by atoms with Crippen LogP contribution in [0.4, 0.5) is 0 Å². The van der Waals surface area contributed by atoms with Crippen molar-refractivity contribution in [1.29, 1.82) is 0 Å². The summed E-state index contributed by atoms with van der Waals surface area (Å²) in [7, 11) is 0. The lowest BCUT2D eigenvalue weighted by molar-refractivity contribution is 0.154. The van der Waals surface area contributed by atoms with Crippen LogP contribution in [-0.2, 0) is 0 Å². The molecule has 0 atom stereocenters. The van der Waals surface area contributed by atoms with E-state index < -0.39 is 0 Å². The van der Waals surface area contributed by atoms with Gasteiger partial charge in [-0.3, -0.25) is 0 Å². The van der Waals surface area contributed by atoms with Gasteiger partial charge in [0, 0.05) is 0 Å². The first-order chi connectivity index (χ1) is 6.34. The van der Waals surface area contributed by atoms with E-state index in [0.29, 0.717) is 6.10 Å². The average Bonchev–Trinajstić information content (AvgIpc) is 2.53. The van der Waals surface area contributed by atoms with Gasteiger partial charge in [-0.15, -0.1) is 0 Å². The number of rotatable bonds is 2. The predicted molar refractivity (Wildman–Crippen MR) is 57.3 cm³/mol. The zero-order valence-corrected chi connectivity index (χ0v) is 9.73. The lowest BCUT2D eigenvalue weighted by Gasteiger charge is -2.21. The molecule has 1 fully saturated rings. The van der Waals surface area contributed by atoms with Crippen LogP contribution in [-0.4, -0.2) is 11.1 Å². The maximum atomic E-state index is 5.75. The van der Waals surface area contributed by atoms with E-state index >= 15 is 0 Å². The minimum absolute atomic E-state index is 0.409.